The van der Waals surface area contributed by atoms with Gasteiger partial charge in [0, 0.05) is 64.7 Å². The van der Waals surface area contributed by atoms with Crippen LogP contribution < -0.4 is 0 Å². The molecule has 2 N–H and O–H groups in total. The molecule has 248 valence electrons. The average molecular weight is 599 g/mol. The second-order valence-corrected chi connectivity index (χ2v) is 9.85. The Balaban J connectivity index is 5.87. The fraction of sp³-hybridized carbons (Fsp3) is 1.00. The lowest BCUT2D eigenvalue weighted by atomic mass is 9.64. The van der Waals surface area contributed by atoms with E-state index in [9.17, 15) is 10.2 Å². The first-order valence-electron chi connectivity index (χ1n) is 15.5. The molecule has 0 bridgehead atoms. The predicted molar refractivity (Wildman–Crippen MR) is 158 cm³/mol. The van der Waals surface area contributed by atoms with E-state index in [-0.39, 0.29) is 13.2 Å². The van der Waals surface area contributed by atoms with Crippen LogP contribution in [0.25, 0.3) is 0 Å². The third-order valence-electron chi connectivity index (χ3n) is 6.99. The SMILES string of the molecule is CCOCCOCCC(O)(COC(C)CO)C(CCOCCOCC)(CCOCCOCC)CCOCCOCC. The molecule has 0 heterocycles. The summed E-state index contributed by atoms with van der Waals surface area (Å²) in [5.74, 6) is 0. The Morgan fingerprint density at radius 1 is 0.488 bits per heavy atom. The lowest BCUT2D eigenvalue weighted by Gasteiger charge is -2.48. The summed E-state index contributed by atoms with van der Waals surface area (Å²) in [7, 11) is 0. The van der Waals surface area contributed by atoms with Crippen LogP contribution in [0.3, 0.4) is 0 Å². The molecule has 0 aromatic carbocycles. The van der Waals surface area contributed by atoms with Crippen LogP contribution >= 0.6 is 0 Å². The maximum Gasteiger partial charge on any atom is 0.0960 e. The van der Waals surface area contributed by atoms with Crippen molar-refractivity contribution in [3.8, 4) is 0 Å². The van der Waals surface area contributed by atoms with E-state index < -0.39 is 17.1 Å². The fourth-order valence-electron chi connectivity index (χ4n) is 4.40. The Morgan fingerprint density at radius 3 is 1.12 bits per heavy atom. The van der Waals surface area contributed by atoms with Crippen LogP contribution in [0.15, 0.2) is 0 Å². The molecule has 0 amide bonds. The van der Waals surface area contributed by atoms with Gasteiger partial charge in [-0.15, -0.1) is 0 Å². The molecule has 0 aliphatic heterocycles. The predicted octanol–water partition coefficient (Wildman–Crippen LogP) is 2.87. The van der Waals surface area contributed by atoms with Crippen molar-refractivity contribution in [2.75, 3.05) is 119 Å². The van der Waals surface area contributed by atoms with Crippen LogP contribution in [0, 0.1) is 5.41 Å². The molecule has 2 atom stereocenters. The van der Waals surface area contributed by atoms with Crippen molar-refractivity contribution in [1.29, 1.82) is 0 Å². The Hall–Kier alpha value is -0.440. The number of rotatable bonds is 33. The topological polar surface area (TPSA) is 124 Å². The highest BCUT2D eigenvalue weighted by Crippen LogP contribution is 2.45. The summed E-state index contributed by atoms with van der Waals surface area (Å²) in [5.41, 5.74) is -1.99. The standard InChI is InChI=1S/C30H62O11/c1-6-33-18-22-37-14-10-29(11-15-38-23-19-34-7-2,12-16-39-24-20-35-8-3)30(32,27-41-28(5)26-31)13-17-40-25-21-36-9-4/h28,31-32H,6-27H2,1-5H3. The summed E-state index contributed by atoms with van der Waals surface area (Å²) in [6.45, 7) is 17.5. The Labute approximate surface area is 249 Å². The fourth-order valence-corrected chi connectivity index (χ4v) is 4.40. The summed E-state index contributed by atoms with van der Waals surface area (Å²) in [6, 6.07) is 0. The van der Waals surface area contributed by atoms with Crippen molar-refractivity contribution in [3.63, 3.8) is 0 Å². The van der Waals surface area contributed by atoms with Gasteiger partial charge in [0.25, 0.3) is 0 Å². The smallest absolute Gasteiger partial charge is 0.0960 e. The quantitative estimate of drug-likeness (QED) is 0.108. The highest BCUT2D eigenvalue weighted by Gasteiger charge is 2.49. The molecule has 11 heteroatoms. The second-order valence-electron chi connectivity index (χ2n) is 9.85. The van der Waals surface area contributed by atoms with Crippen molar-refractivity contribution in [1.82, 2.24) is 0 Å². The van der Waals surface area contributed by atoms with Crippen LogP contribution in [0.2, 0.25) is 0 Å². The third kappa shape index (κ3) is 20.2. The highest BCUT2D eigenvalue weighted by molar-refractivity contribution is 4.99. The van der Waals surface area contributed by atoms with Gasteiger partial charge in [-0.1, -0.05) is 0 Å². The van der Waals surface area contributed by atoms with E-state index >= 15 is 0 Å². The van der Waals surface area contributed by atoms with E-state index in [0.29, 0.717) is 131 Å². The van der Waals surface area contributed by atoms with Gasteiger partial charge >= 0.3 is 0 Å². The summed E-state index contributed by atoms with van der Waals surface area (Å²) in [6.07, 6.45) is 1.55. The highest BCUT2D eigenvalue weighted by atomic mass is 16.5. The third-order valence-corrected chi connectivity index (χ3v) is 6.99. The molecule has 0 rings (SSSR count). The van der Waals surface area contributed by atoms with Gasteiger partial charge in [0.2, 0.25) is 0 Å². The number of ether oxygens (including phenoxy) is 9. The maximum absolute atomic E-state index is 12.4. The van der Waals surface area contributed by atoms with E-state index in [1.54, 1.807) is 6.92 Å². The minimum absolute atomic E-state index is 0.0282. The van der Waals surface area contributed by atoms with Gasteiger partial charge in [-0.3, -0.25) is 0 Å². The van der Waals surface area contributed by atoms with Crippen molar-refractivity contribution < 1.29 is 52.8 Å². The molecule has 0 aliphatic rings. The first kappa shape index (κ1) is 40.6. The first-order chi connectivity index (χ1) is 19.9. The van der Waals surface area contributed by atoms with Gasteiger partial charge in [0.1, 0.15) is 0 Å². The summed E-state index contributed by atoms with van der Waals surface area (Å²) < 4.78 is 51.3. The molecule has 0 spiro atoms. The lowest BCUT2D eigenvalue weighted by Crippen LogP contribution is -2.55. The van der Waals surface area contributed by atoms with E-state index in [1.807, 2.05) is 27.7 Å². The minimum atomic E-state index is -1.31. The zero-order valence-corrected chi connectivity index (χ0v) is 26.7. The van der Waals surface area contributed by atoms with Gasteiger partial charge < -0.3 is 52.8 Å². The van der Waals surface area contributed by atoms with Gasteiger partial charge in [0.05, 0.1) is 77.8 Å². The van der Waals surface area contributed by atoms with Gasteiger partial charge in [-0.2, -0.15) is 0 Å². The Bertz CT molecular complexity index is 500. The number of hydrogen-bond acceptors (Lipinski definition) is 11. The molecule has 0 aliphatic carbocycles. The minimum Gasteiger partial charge on any atom is -0.394 e. The average Bonchev–Trinajstić information content (AvgIpc) is 2.98. The molecular formula is C30H62O11. The van der Waals surface area contributed by atoms with Gasteiger partial charge in [-0.05, 0) is 53.9 Å². The molecule has 2 unspecified atom stereocenters. The molecular weight excluding hydrogens is 536 g/mol. The summed E-state index contributed by atoms with van der Waals surface area (Å²) in [5, 5.41) is 22.1. The second kappa shape index (κ2) is 28.3. The van der Waals surface area contributed by atoms with Crippen molar-refractivity contribution in [2.24, 2.45) is 5.41 Å². The zero-order chi connectivity index (χ0) is 30.5. The molecule has 11 nitrogen and oxygen atoms in total. The van der Waals surface area contributed by atoms with Crippen LogP contribution in [-0.4, -0.2) is 141 Å². The van der Waals surface area contributed by atoms with Gasteiger partial charge in [0.15, 0.2) is 0 Å². The van der Waals surface area contributed by atoms with Crippen LogP contribution in [-0.2, 0) is 42.6 Å². The molecule has 0 aromatic rings. The number of hydrogen-bond donors (Lipinski definition) is 2. The van der Waals surface area contributed by atoms with Crippen LogP contribution in [0.4, 0.5) is 0 Å². The molecule has 0 saturated carbocycles. The van der Waals surface area contributed by atoms with Crippen LogP contribution in [0.1, 0.15) is 60.3 Å². The van der Waals surface area contributed by atoms with E-state index in [0.717, 1.165) is 0 Å². The largest absolute Gasteiger partial charge is 0.394 e. The van der Waals surface area contributed by atoms with Crippen LogP contribution in [0.5, 0.6) is 0 Å². The van der Waals surface area contributed by atoms with E-state index in [4.69, 9.17) is 42.6 Å². The van der Waals surface area contributed by atoms with Gasteiger partial charge in [-0.25, -0.2) is 0 Å². The zero-order valence-electron chi connectivity index (χ0n) is 26.7. The van der Waals surface area contributed by atoms with Crippen molar-refractivity contribution in [2.45, 2.75) is 72.0 Å². The first-order valence-corrected chi connectivity index (χ1v) is 15.5. The molecule has 41 heavy (non-hydrogen) atoms. The maximum atomic E-state index is 12.4. The molecule has 0 aromatic heterocycles. The van der Waals surface area contributed by atoms with Crippen molar-refractivity contribution in [3.05, 3.63) is 0 Å². The summed E-state index contributed by atoms with van der Waals surface area (Å²) >= 11 is 0. The molecule has 0 fully saturated rings. The lowest BCUT2D eigenvalue weighted by molar-refractivity contribution is -0.181. The molecule has 0 radical (unpaired) electrons. The number of aliphatic hydroxyl groups is 2. The number of aliphatic hydroxyl groups excluding tert-OH is 1. The van der Waals surface area contributed by atoms with E-state index in [2.05, 4.69) is 0 Å². The molecule has 0 saturated heterocycles. The Kier molecular flexibility index (Phi) is 28.0. The monoisotopic (exact) mass is 598 g/mol. The van der Waals surface area contributed by atoms with E-state index in [1.165, 1.54) is 0 Å². The van der Waals surface area contributed by atoms with Crippen molar-refractivity contribution >= 4 is 0 Å². The summed E-state index contributed by atoms with van der Waals surface area (Å²) in [4.78, 5) is 0. The Morgan fingerprint density at radius 2 is 0.805 bits per heavy atom. The normalized spacial score (nSPS) is 14.4.